The van der Waals surface area contributed by atoms with Gasteiger partial charge in [-0.15, -0.1) is 0 Å². The molecule has 118 valence electrons. The molecule has 21 heavy (non-hydrogen) atoms. The molecule has 4 heteroatoms. The topological polar surface area (TPSA) is 9.23 Å². The summed E-state index contributed by atoms with van der Waals surface area (Å²) in [6.45, 7) is 6.92. The van der Waals surface area contributed by atoms with Crippen molar-refractivity contribution in [2.75, 3.05) is 12.8 Å². The van der Waals surface area contributed by atoms with Crippen LogP contribution in [0.3, 0.4) is 0 Å². The fraction of sp³-hybridized carbons (Fsp3) is 0.529. The van der Waals surface area contributed by atoms with E-state index in [1.807, 2.05) is 6.08 Å². The Labute approximate surface area is 146 Å². The Morgan fingerprint density at radius 2 is 1.90 bits per heavy atom. The summed E-state index contributed by atoms with van der Waals surface area (Å²) in [7, 11) is 0. The van der Waals surface area contributed by atoms with Gasteiger partial charge >= 0.3 is 146 Å². The molecule has 1 aromatic rings. The van der Waals surface area contributed by atoms with Gasteiger partial charge in [0.25, 0.3) is 0 Å². The van der Waals surface area contributed by atoms with Gasteiger partial charge in [0.1, 0.15) is 0 Å². The number of hydrogen-bond donors (Lipinski definition) is 0. The van der Waals surface area contributed by atoms with E-state index in [9.17, 15) is 0 Å². The van der Waals surface area contributed by atoms with Crippen molar-refractivity contribution in [3.63, 3.8) is 0 Å². The molecule has 1 nitrogen and oxygen atoms in total. The van der Waals surface area contributed by atoms with Gasteiger partial charge in [-0.25, -0.2) is 0 Å². The van der Waals surface area contributed by atoms with E-state index in [2.05, 4.69) is 68.8 Å². The Balaban J connectivity index is 2.67. The second-order valence-corrected chi connectivity index (χ2v) is 12.4. The van der Waals surface area contributed by atoms with E-state index in [1.54, 1.807) is 0 Å². The normalized spacial score (nSPS) is 13.8. The summed E-state index contributed by atoms with van der Waals surface area (Å²) in [5.41, 5.74) is -1.61. The van der Waals surface area contributed by atoms with Crippen LogP contribution in [0.25, 0.3) is 0 Å². The van der Waals surface area contributed by atoms with Crippen LogP contribution in [0, 0.1) is 0 Å². The van der Waals surface area contributed by atoms with Crippen LogP contribution in [0.5, 0.6) is 0 Å². The molecule has 0 spiro atoms. The molecule has 0 heterocycles. The van der Waals surface area contributed by atoms with Crippen LogP contribution in [0.2, 0.25) is 0 Å². The number of hydrogen-bond acceptors (Lipinski definition) is 1. The van der Waals surface area contributed by atoms with E-state index >= 15 is 0 Å². The molecule has 0 amide bonds. The Bertz CT molecular complexity index is 458. The van der Waals surface area contributed by atoms with Crippen LogP contribution in [-0.2, 0) is 4.52 Å². The molecule has 1 atom stereocenters. The van der Waals surface area contributed by atoms with Crippen LogP contribution in [0.1, 0.15) is 45.4 Å². The molecule has 0 bridgehead atoms. The second-order valence-electron chi connectivity index (χ2n) is 5.20. The van der Waals surface area contributed by atoms with Crippen molar-refractivity contribution in [3.8, 4) is 0 Å². The quantitative estimate of drug-likeness (QED) is 0.189. The molecule has 0 saturated heterocycles. The van der Waals surface area contributed by atoms with Gasteiger partial charge in [0.05, 0.1) is 0 Å². The molecule has 0 aliphatic heterocycles. The van der Waals surface area contributed by atoms with Crippen LogP contribution in [0.4, 0.5) is 0 Å². The molecule has 0 saturated carbocycles. The summed E-state index contributed by atoms with van der Waals surface area (Å²) in [5, 5.41) is 1.32. The van der Waals surface area contributed by atoms with Crippen molar-refractivity contribution < 1.29 is 4.52 Å². The summed E-state index contributed by atoms with van der Waals surface area (Å²) in [5.74, 6) is 0. The van der Waals surface area contributed by atoms with Gasteiger partial charge in [0.15, 0.2) is 0 Å². The molecule has 1 aromatic carbocycles. The zero-order valence-corrected chi connectivity index (χ0v) is 17.1. The van der Waals surface area contributed by atoms with Gasteiger partial charge in [-0.05, 0) is 0 Å². The SMILES string of the molecule is C=CCCCP(=[Se])(OCCCCCC)c1ccc(Br)cc1. The first-order chi connectivity index (χ1) is 10.1. The van der Waals surface area contributed by atoms with Crippen molar-refractivity contribution >= 4 is 42.1 Å². The maximum atomic E-state index is 6.35. The minimum absolute atomic E-state index is 0.866. The molecular weight excluding hydrogens is 410 g/mol. The fourth-order valence-electron chi connectivity index (χ4n) is 2.12. The summed E-state index contributed by atoms with van der Waals surface area (Å²) in [4.78, 5) is 0. The standard InChI is InChI=1S/C17H26BrOPSe/c1-3-5-7-8-14-19-20(21,15-9-6-4-2)17-12-10-16(18)11-13-17/h4,10-13H,2-3,5-9,14-15H2,1H3. The number of rotatable bonds is 11. The van der Waals surface area contributed by atoms with E-state index in [0.29, 0.717) is 0 Å². The maximum absolute atomic E-state index is 6.35. The minimum atomic E-state index is -1.61. The van der Waals surface area contributed by atoms with E-state index in [4.69, 9.17) is 4.52 Å². The second kappa shape index (κ2) is 11.0. The van der Waals surface area contributed by atoms with Crippen LogP contribution >= 0.6 is 21.7 Å². The predicted octanol–water partition coefficient (Wildman–Crippen LogP) is 5.65. The molecule has 0 aliphatic rings. The van der Waals surface area contributed by atoms with E-state index in [0.717, 1.165) is 36.5 Å². The Hall–Kier alpha value is 0.349. The van der Waals surface area contributed by atoms with Crippen molar-refractivity contribution in [1.29, 1.82) is 0 Å². The van der Waals surface area contributed by atoms with Gasteiger partial charge in [-0.1, -0.05) is 0 Å². The van der Waals surface area contributed by atoms with E-state index in [-0.39, 0.29) is 0 Å². The van der Waals surface area contributed by atoms with E-state index < -0.39 is 5.74 Å². The number of allylic oxidation sites excluding steroid dienone is 1. The molecule has 1 unspecified atom stereocenters. The first-order valence-corrected chi connectivity index (χ1v) is 12.6. The third-order valence-corrected chi connectivity index (χ3v) is 9.64. The molecule has 0 aliphatic carbocycles. The summed E-state index contributed by atoms with van der Waals surface area (Å²) >= 11 is 6.92. The van der Waals surface area contributed by atoms with Crippen molar-refractivity contribution in [2.24, 2.45) is 0 Å². The molecule has 0 fully saturated rings. The first kappa shape index (κ1) is 19.4. The van der Waals surface area contributed by atoms with Gasteiger partial charge in [0.2, 0.25) is 0 Å². The Morgan fingerprint density at radius 1 is 1.19 bits per heavy atom. The predicted molar refractivity (Wildman–Crippen MR) is 101 cm³/mol. The molecule has 0 radical (unpaired) electrons. The molecule has 0 aromatic heterocycles. The molecule has 1 rings (SSSR count). The average molecular weight is 436 g/mol. The van der Waals surface area contributed by atoms with E-state index in [1.165, 1.54) is 24.6 Å². The fourth-order valence-corrected chi connectivity index (χ4v) is 6.60. The Kier molecular flexibility index (Phi) is 10.1. The van der Waals surface area contributed by atoms with Crippen LogP contribution in [-0.4, -0.2) is 27.9 Å². The third kappa shape index (κ3) is 7.44. The number of halogens is 1. The van der Waals surface area contributed by atoms with Crippen LogP contribution < -0.4 is 5.30 Å². The summed E-state index contributed by atoms with van der Waals surface area (Å²) in [6, 6.07) is 8.59. The van der Waals surface area contributed by atoms with Crippen molar-refractivity contribution in [2.45, 2.75) is 45.4 Å². The van der Waals surface area contributed by atoms with Gasteiger partial charge in [-0.3, -0.25) is 0 Å². The molecule has 0 N–H and O–H groups in total. The zero-order chi connectivity index (χ0) is 15.6. The van der Waals surface area contributed by atoms with Crippen molar-refractivity contribution in [1.82, 2.24) is 0 Å². The van der Waals surface area contributed by atoms with Gasteiger partial charge in [-0.2, -0.15) is 0 Å². The molecular formula is C17H26BrOPSe. The van der Waals surface area contributed by atoms with Gasteiger partial charge in [0, 0.05) is 0 Å². The Morgan fingerprint density at radius 3 is 2.52 bits per heavy atom. The summed E-state index contributed by atoms with van der Waals surface area (Å²) in [6.07, 6.45) is 10.3. The monoisotopic (exact) mass is 436 g/mol. The first-order valence-electron chi connectivity index (χ1n) is 7.73. The third-order valence-electron chi connectivity index (χ3n) is 3.38. The summed E-state index contributed by atoms with van der Waals surface area (Å²) < 4.78 is 7.47. The average Bonchev–Trinajstić information content (AvgIpc) is 2.48. The number of benzene rings is 1. The number of unbranched alkanes of at least 4 members (excludes halogenated alkanes) is 4. The zero-order valence-electron chi connectivity index (χ0n) is 12.9. The van der Waals surface area contributed by atoms with Gasteiger partial charge < -0.3 is 0 Å². The van der Waals surface area contributed by atoms with Crippen molar-refractivity contribution in [3.05, 3.63) is 41.4 Å². The van der Waals surface area contributed by atoms with Crippen LogP contribution in [0.15, 0.2) is 41.4 Å².